The Labute approximate surface area is 110 Å². The van der Waals surface area contributed by atoms with E-state index in [9.17, 15) is 17.6 Å². The van der Waals surface area contributed by atoms with E-state index in [0.29, 0.717) is 5.56 Å². The molecule has 0 atom stereocenters. The maximum absolute atomic E-state index is 13.4. The topological polar surface area (TPSA) is 37.8 Å². The standard InChI is InChI=1S/C11H6ClF4N3/c1-4-3-17-11(12)19-10(4)18-9-7(15)5(13)2-6(14)8(9)16/h2-3H,1H3,(H,17,18,19). The first-order valence-corrected chi connectivity index (χ1v) is 5.37. The van der Waals surface area contributed by atoms with Crippen LogP contribution in [0, 0.1) is 30.2 Å². The number of nitrogens with one attached hydrogen (secondary N) is 1. The molecule has 100 valence electrons. The second-order valence-corrected chi connectivity index (χ2v) is 3.98. The highest BCUT2D eigenvalue weighted by atomic mass is 35.5. The molecule has 1 aromatic heterocycles. The number of hydrogen-bond acceptors (Lipinski definition) is 3. The van der Waals surface area contributed by atoms with Crippen molar-refractivity contribution in [3.63, 3.8) is 0 Å². The Kier molecular flexibility index (Phi) is 3.57. The van der Waals surface area contributed by atoms with Gasteiger partial charge >= 0.3 is 0 Å². The molecule has 0 unspecified atom stereocenters. The molecule has 1 heterocycles. The van der Waals surface area contributed by atoms with Gasteiger partial charge in [-0.25, -0.2) is 27.5 Å². The van der Waals surface area contributed by atoms with Crippen molar-refractivity contribution in [3.8, 4) is 0 Å². The minimum absolute atomic E-state index is 0.0530. The van der Waals surface area contributed by atoms with Crippen LogP contribution in [-0.2, 0) is 0 Å². The Bertz CT molecular complexity index is 622. The molecule has 0 fully saturated rings. The van der Waals surface area contributed by atoms with Crippen molar-refractivity contribution in [2.75, 3.05) is 5.32 Å². The van der Waals surface area contributed by atoms with Gasteiger partial charge in [0.15, 0.2) is 23.3 Å². The molecule has 19 heavy (non-hydrogen) atoms. The summed E-state index contributed by atoms with van der Waals surface area (Å²) in [5, 5.41) is 1.99. The van der Waals surface area contributed by atoms with Crippen molar-refractivity contribution in [2.45, 2.75) is 6.92 Å². The van der Waals surface area contributed by atoms with Gasteiger partial charge in [-0.3, -0.25) is 0 Å². The maximum atomic E-state index is 13.4. The molecule has 3 nitrogen and oxygen atoms in total. The average molecular weight is 292 g/mol. The summed E-state index contributed by atoms with van der Waals surface area (Å²) in [7, 11) is 0. The zero-order valence-corrected chi connectivity index (χ0v) is 10.2. The summed E-state index contributed by atoms with van der Waals surface area (Å²) in [5.41, 5.74) is -0.580. The number of benzene rings is 1. The number of anilines is 2. The lowest BCUT2D eigenvalue weighted by molar-refractivity contribution is 0.459. The second kappa shape index (κ2) is 5.00. The highest BCUT2D eigenvalue weighted by Gasteiger charge is 2.20. The molecule has 0 saturated carbocycles. The zero-order valence-electron chi connectivity index (χ0n) is 9.44. The Balaban J connectivity index is 2.52. The van der Waals surface area contributed by atoms with Crippen molar-refractivity contribution in [1.82, 2.24) is 9.97 Å². The molecule has 0 spiro atoms. The fourth-order valence-electron chi connectivity index (χ4n) is 1.35. The molecule has 2 aromatic rings. The molecule has 0 aliphatic carbocycles. The van der Waals surface area contributed by atoms with Gasteiger partial charge in [-0.05, 0) is 18.5 Å². The third kappa shape index (κ3) is 2.60. The number of hydrogen-bond donors (Lipinski definition) is 1. The first kappa shape index (κ1) is 13.5. The molecular formula is C11H6ClF4N3. The van der Waals surface area contributed by atoms with Crippen molar-refractivity contribution >= 4 is 23.1 Å². The van der Waals surface area contributed by atoms with Gasteiger partial charge in [-0.2, -0.15) is 0 Å². The minimum Gasteiger partial charge on any atom is -0.335 e. The van der Waals surface area contributed by atoms with E-state index < -0.39 is 29.0 Å². The van der Waals surface area contributed by atoms with E-state index in [1.807, 2.05) is 0 Å². The Morgan fingerprint density at radius 1 is 1.11 bits per heavy atom. The summed E-state index contributed by atoms with van der Waals surface area (Å²) in [6.07, 6.45) is 1.29. The van der Waals surface area contributed by atoms with Crippen molar-refractivity contribution in [3.05, 3.63) is 46.4 Å². The molecule has 0 aliphatic rings. The maximum Gasteiger partial charge on any atom is 0.224 e. The van der Waals surface area contributed by atoms with Crippen LogP contribution in [0.15, 0.2) is 12.3 Å². The lowest BCUT2D eigenvalue weighted by Gasteiger charge is -2.11. The largest absolute Gasteiger partial charge is 0.335 e. The van der Waals surface area contributed by atoms with Gasteiger partial charge in [0.05, 0.1) is 0 Å². The van der Waals surface area contributed by atoms with E-state index in [1.54, 1.807) is 0 Å². The molecule has 8 heteroatoms. The summed E-state index contributed by atoms with van der Waals surface area (Å²) in [6, 6.07) is 0.121. The van der Waals surface area contributed by atoms with Gasteiger partial charge in [0.25, 0.3) is 0 Å². The number of rotatable bonds is 2. The lowest BCUT2D eigenvalue weighted by Crippen LogP contribution is -2.05. The molecule has 0 radical (unpaired) electrons. The quantitative estimate of drug-likeness (QED) is 0.520. The Morgan fingerprint density at radius 3 is 2.26 bits per heavy atom. The first-order valence-electron chi connectivity index (χ1n) is 4.99. The molecular weight excluding hydrogens is 286 g/mol. The third-order valence-electron chi connectivity index (χ3n) is 2.30. The summed E-state index contributed by atoms with van der Waals surface area (Å²) >= 11 is 5.53. The second-order valence-electron chi connectivity index (χ2n) is 3.64. The number of halogens is 5. The molecule has 0 saturated heterocycles. The van der Waals surface area contributed by atoms with Gasteiger partial charge in [0.2, 0.25) is 5.28 Å². The van der Waals surface area contributed by atoms with Crippen LogP contribution in [0.5, 0.6) is 0 Å². The van der Waals surface area contributed by atoms with Crippen molar-refractivity contribution in [2.24, 2.45) is 0 Å². The zero-order chi connectivity index (χ0) is 14.2. The Morgan fingerprint density at radius 2 is 1.68 bits per heavy atom. The molecule has 0 amide bonds. The van der Waals surface area contributed by atoms with E-state index >= 15 is 0 Å². The van der Waals surface area contributed by atoms with Crippen LogP contribution in [0.3, 0.4) is 0 Å². The van der Waals surface area contributed by atoms with Crippen LogP contribution in [-0.4, -0.2) is 9.97 Å². The van der Waals surface area contributed by atoms with Crippen molar-refractivity contribution in [1.29, 1.82) is 0 Å². The molecule has 1 aromatic carbocycles. The molecule has 1 N–H and O–H groups in total. The number of aromatic nitrogens is 2. The minimum atomic E-state index is -1.55. The molecule has 0 aliphatic heterocycles. The average Bonchev–Trinajstić information content (AvgIpc) is 2.36. The Hall–Kier alpha value is -1.89. The summed E-state index contributed by atoms with van der Waals surface area (Å²) in [6.45, 7) is 1.53. The van der Waals surface area contributed by atoms with E-state index in [0.717, 1.165) is 0 Å². The monoisotopic (exact) mass is 291 g/mol. The van der Waals surface area contributed by atoms with Crippen molar-refractivity contribution < 1.29 is 17.6 Å². The van der Waals surface area contributed by atoms with Crippen LogP contribution >= 0.6 is 11.6 Å². The number of nitrogens with zero attached hydrogens (tertiary/aromatic N) is 2. The van der Waals surface area contributed by atoms with Gasteiger partial charge in [-0.15, -0.1) is 0 Å². The van der Waals surface area contributed by atoms with Crippen LogP contribution in [0.4, 0.5) is 29.1 Å². The lowest BCUT2D eigenvalue weighted by atomic mass is 10.2. The smallest absolute Gasteiger partial charge is 0.224 e. The van der Waals surface area contributed by atoms with Crippen LogP contribution < -0.4 is 5.32 Å². The summed E-state index contributed by atoms with van der Waals surface area (Å²) in [4.78, 5) is 7.31. The molecule has 0 bridgehead atoms. The predicted molar refractivity (Wildman–Crippen MR) is 61.3 cm³/mol. The van der Waals surface area contributed by atoms with E-state index in [-0.39, 0.29) is 17.2 Å². The first-order chi connectivity index (χ1) is 8.90. The van der Waals surface area contributed by atoms with Gasteiger partial charge in [0, 0.05) is 17.8 Å². The fourth-order valence-corrected chi connectivity index (χ4v) is 1.48. The fraction of sp³-hybridized carbons (Fsp3) is 0.0909. The summed E-state index contributed by atoms with van der Waals surface area (Å²) < 4.78 is 52.9. The van der Waals surface area contributed by atoms with Gasteiger partial charge < -0.3 is 5.32 Å². The highest BCUT2D eigenvalue weighted by Crippen LogP contribution is 2.28. The normalized spacial score (nSPS) is 10.6. The van der Waals surface area contributed by atoms with Crippen LogP contribution in [0.2, 0.25) is 5.28 Å². The van der Waals surface area contributed by atoms with E-state index in [2.05, 4.69) is 15.3 Å². The van der Waals surface area contributed by atoms with Gasteiger partial charge in [-0.1, -0.05) is 0 Å². The highest BCUT2D eigenvalue weighted by molar-refractivity contribution is 6.28. The molecule has 2 rings (SSSR count). The predicted octanol–water partition coefficient (Wildman–Crippen LogP) is 3.74. The van der Waals surface area contributed by atoms with Gasteiger partial charge in [0.1, 0.15) is 11.5 Å². The van der Waals surface area contributed by atoms with Crippen LogP contribution in [0.25, 0.3) is 0 Å². The third-order valence-corrected chi connectivity index (χ3v) is 2.48. The van der Waals surface area contributed by atoms with E-state index in [4.69, 9.17) is 11.6 Å². The van der Waals surface area contributed by atoms with E-state index in [1.165, 1.54) is 13.1 Å². The SMILES string of the molecule is Cc1cnc(Cl)nc1Nc1c(F)c(F)cc(F)c1F. The summed E-state index contributed by atoms with van der Waals surface area (Å²) in [5.74, 6) is -6.18. The van der Waals surface area contributed by atoms with Crippen LogP contribution in [0.1, 0.15) is 5.56 Å². The number of aryl methyl sites for hydroxylation is 1.